The molecule has 84 valence electrons. The zero-order valence-corrected chi connectivity index (χ0v) is 9.74. The molecule has 3 nitrogen and oxygen atoms in total. The fourth-order valence-electron chi connectivity index (χ4n) is 2.36. The van der Waals surface area contributed by atoms with E-state index >= 15 is 0 Å². The van der Waals surface area contributed by atoms with Crippen molar-refractivity contribution in [3.05, 3.63) is 18.0 Å². The van der Waals surface area contributed by atoms with Gasteiger partial charge in [-0.25, -0.2) is 0 Å². The third-order valence-corrected chi connectivity index (χ3v) is 3.70. The Bertz CT molecular complexity index is 321. The molecule has 0 radical (unpaired) electrons. The van der Waals surface area contributed by atoms with E-state index in [-0.39, 0.29) is 5.54 Å². The highest BCUT2D eigenvalue weighted by atomic mass is 15.3. The van der Waals surface area contributed by atoms with Gasteiger partial charge in [-0.2, -0.15) is 5.10 Å². The molecule has 0 unspecified atom stereocenters. The van der Waals surface area contributed by atoms with E-state index in [1.54, 1.807) is 0 Å². The largest absolute Gasteiger partial charge is 0.321 e. The molecule has 0 amide bonds. The zero-order valence-electron chi connectivity index (χ0n) is 9.74. The van der Waals surface area contributed by atoms with E-state index in [1.165, 1.54) is 18.4 Å². The van der Waals surface area contributed by atoms with E-state index in [0.717, 1.165) is 25.3 Å². The van der Waals surface area contributed by atoms with Gasteiger partial charge in [-0.3, -0.25) is 4.68 Å². The molecule has 1 aliphatic rings. The van der Waals surface area contributed by atoms with E-state index in [0.29, 0.717) is 0 Å². The van der Waals surface area contributed by atoms with Crippen molar-refractivity contribution < 1.29 is 0 Å². The lowest BCUT2D eigenvalue weighted by molar-refractivity contribution is 0.248. The molecule has 0 saturated heterocycles. The number of aryl methyl sites for hydroxylation is 1. The molecule has 2 N–H and O–H groups in total. The summed E-state index contributed by atoms with van der Waals surface area (Å²) >= 11 is 0. The molecule has 0 bridgehead atoms. The van der Waals surface area contributed by atoms with Crippen molar-refractivity contribution >= 4 is 0 Å². The van der Waals surface area contributed by atoms with Gasteiger partial charge in [0.25, 0.3) is 0 Å². The number of hydrogen-bond acceptors (Lipinski definition) is 2. The van der Waals surface area contributed by atoms with Crippen LogP contribution in [0.4, 0.5) is 0 Å². The Balaban J connectivity index is 2.14. The van der Waals surface area contributed by atoms with Crippen molar-refractivity contribution in [2.24, 2.45) is 11.7 Å². The van der Waals surface area contributed by atoms with Gasteiger partial charge in [-0.15, -0.1) is 0 Å². The molecule has 0 aliphatic heterocycles. The van der Waals surface area contributed by atoms with E-state index in [9.17, 15) is 0 Å². The molecule has 15 heavy (non-hydrogen) atoms. The van der Waals surface area contributed by atoms with Crippen molar-refractivity contribution in [3.8, 4) is 0 Å². The lowest BCUT2D eigenvalue weighted by Crippen LogP contribution is -2.39. The fraction of sp³-hybridized carbons (Fsp3) is 0.750. The summed E-state index contributed by atoms with van der Waals surface area (Å²) in [6.45, 7) is 5.34. The lowest BCUT2D eigenvalue weighted by atomic mass is 9.75. The lowest BCUT2D eigenvalue weighted by Gasteiger charge is -2.35. The summed E-state index contributed by atoms with van der Waals surface area (Å²) in [5.41, 5.74) is 7.56. The summed E-state index contributed by atoms with van der Waals surface area (Å²) in [7, 11) is 0. The normalized spacial score (nSPS) is 31.8. The van der Waals surface area contributed by atoms with Crippen LogP contribution in [0.5, 0.6) is 0 Å². The minimum Gasteiger partial charge on any atom is -0.321 e. The van der Waals surface area contributed by atoms with Crippen molar-refractivity contribution in [2.75, 3.05) is 0 Å². The molecule has 1 fully saturated rings. The van der Waals surface area contributed by atoms with E-state index in [4.69, 9.17) is 5.73 Å². The molecule has 0 aromatic carbocycles. The van der Waals surface area contributed by atoms with Gasteiger partial charge in [0, 0.05) is 23.8 Å². The van der Waals surface area contributed by atoms with Crippen molar-refractivity contribution in [2.45, 2.75) is 51.6 Å². The molecule has 0 spiro atoms. The van der Waals surface area contributed by atoms with Gasteiger partial charge in [-0.1, -0.05) is 6.92 Å². The first kappa shape index (κ1) is 10.7. The standard InChI is InChI=1S/C12H21N3/c1-3-15-9-11(8-14-15)12(13)6-4-10(2)5-7-12/h8-10H,3-7,13H2,1-2H3. The molecule has 1 heterocycles. The second kappa shape index (κ2) is 3.97. The van der Waals surface area contributed by atoms with Crippen LogP contribution in [0.2, 0.25) is 0 Å². The first-order valence-corrected chi connectivity index (χ1v) is 5.96. The Labute approximate surface area is 91.7 Å². The number of hydrogen-bond donors (Lipinski definition) is 1. The van der Waals surface area contributed by atoms with Crippen LogP contribution < -0.4 is 5.73 Å². The van der Waals surface area contributed by atoms with Crippen molar-refractivity contribution in [3.63, 3.8) is 0 Å². The minimum atomic E-state index is -0.111. The highest BCUT2D eigenvalue weighted by Crippen LogP contribution is 2.36. The zero-order chi connectivity index (χ0) is 10.9. The third-order valence-electron chi connectivity index (χ3n) is 3.70. The summed E-state index contributed by atoms with van der Waals surface area (Å²) in [5.74, 6) is 0.836. The maximum atomic E-state index is 6.46. The molecule has 1 aromatic rings. The van der Waals surface area contributed by atoms with Crippen LogP contribution in [0.15, 0.2) is 12.4 Å². The minimum absolute atomic E-state index is 0.111. The van der Waals surface area contributed by atoms with Gasteiger partial charge in [0.15, 0.2) is 0 Å². The molecule has 1 saturated carbocycles. The average Bonchev–Trinajstić information content (AvgIpc) is 2.72. The SMILES string of the molecule is CCn1cc(C2(N)CCC(C)CC2)cn1. The summed E-state index contributed by atoms with van der Waals surface area (Å²) in [5, 5.41) is 4.31. The second-order valence-electron chi connectivity index (χ2n) is 4.92. The van der Waals surface area contributed by atoms with Crippen LogP contribution in [0, 0.1) is 5.92 Å². The summed E-state index contributed by atoms with van der Waals surface area (Å²) < 4.78 is 1.96. The number of aromatic nitrogens is 2. The average molecular weight is 207 g/mol. The molecule has 1 aliphatic carbocycles. The molecular formula is C12H21N3. The maximum Gasteiger partial charge on any atom is 0.0540 e. The van der Waals surface area contributed by atoms with Gasteiger partial charge in [0.05, 0.1) is 6.20 Å². The Morgan fingerprint density at radius 1 is 1.53 bits per heavy atom. The molecule has 1 aromatic heterocycles. The van der Waals surface area contributed by atoms with E-state index in [1.807, 2.05) is 10.9 Å². The van der Waals surface area contributed by atoms with Gasteiger partial charge < -0.3 is 5.73 Å². The van der Waals surface area contributed by atoms with Gasteiger partial charge in [-0.05, 0) is 38.5 Å². The Hall–Kier alpha value is -0.830. The Morgan fingerprint density at radius 2 is 2.20 bits per heavy atom. The molecule has 0 atom stereocenters. The highest BCUT2D eigenvalue weighted by molar-refractivity contribution is 5.18. The third kappa shape index (κ3) is 2.07. The van der Waals surface area contributed by atoms with Crippen LogP contribution in [0.25, 0.3) is 0 Å². The summed E-state index contributed by atoms with van der Waals surface area (Å²) in [4.78, 5) is 0. The van der Waals surface area contributed by atoms with Crippen LogP contribution in [-0.2, 0) is 12.1 Å². The quantitative estimate of drug-likeness (QED) is 0.808. The smallest absolute Gasteiger partial charge is 0.0540 e. The summed E-state index contributed by atoms with van der Waals surface area (Å²) in [6, 6.07) is 0. The number of nitrogens with zero attached hydrogens (tertiary/aromatic N) is 2. The fourth-order valence-corrected chi connectivity index (χ4v) is 2.36. The Morgan fingerprint density at radius 3 is 2.73 bits per heavy atom. The van der Waals surface area contributed by atoms with Gasteiger partial charge in [0.2, 0.25) is 0 Å². The molecular weight excluding hydrogens is 186 g/mol. The van der Waals surface area contributed by atoms with Crippen molar-refractivity contribution in [1.29, 1.82) is 0 Å². The topological polar surface area (TPSA) is 43.8 Å². The predicted molar refractivity (Wildman–Crippen MR) is 61.4 cm³/mol. The monoisotopic (exact) mass is 207 g/mol. The van der Waals surface area contributed by atoms with Crippen LogP contribution in [0.1, 0.15) is 45.1 Å². The number of nitrogens with two attached hydrogens (primary N) is 1. The first-order chi connectivity index (χ1) is 7.14. The summed E-state index contributed by atoms with van der Waals surface area (Å²) in [6.07, 6.45) is 8.74. The van der Waals surface area contributed by atoms with Crippen molar-refractivity contribution in [1.82, 2.24) is 9.78 Å². The van der Waals surface area contributed by atoms with Gasteiger partial charge in [0.1, 0.15) is 0 Å². The van der Waals surface area contributed by atoms with Gasteiger partial charge >= 0.3 is 0 Å². The predicted octanol–water partition coefficient (Wildman–Crippen LogP) is 2.27. The van der Waals surface area contributed by atoms with Crippen LogP contribution in [-0.4, -0.2) is 9.78 Å². The highest BCUT2D eigenvalue weighted by Gasteiger charge is 2.32. The first-order valence-electron chi connectivity index (χ1n) is 5.96. The van der Waals surface area contributed by atoms with E-state index < -0.39 is 0 Å². The Kier molecular flexibility index (Phi) is 2.83. The molecule has 2 rings (SSSR count). The van der Waals surface area contributed by atoms with Crippen LogP contribution in [0.3, 0.4) is 0 Å². The van der Waals surface area contributed by atoms with E-state index in [2.05, 4.69) is 25.1 Å². The van der Waals surface area contributed by atoms with Crippen LogP contribution >= 0.6 is 0 Å². The molecule has 3 heteroatoms. The number of rotatable bonds is 2. The second-order valence-corrected chi connectivity index (χ2v) is 4.92. The maximum absolute atomic E-state index is 6.46.